The molecule has 9 heteroatoms. The second-order valence-electron chi connectivity index (χ2n) is 3.32. The van der Waals surface area contributed by atoms with Gasteiger partial charge in [-0.2, -0.15) is 0 Å². The molecule has 0 spiro atoms. The maximum atomic E-state index is 12.1. The van der Waals surface area contributed by atoms with Gasteiger partial charge in [-0.25, -0.2) is 0 Å². The van der Waals surface area contributed by atoms with Crippen molar-refractivity contribution in [1.82, 2.24) is 4.98 Å². The molecule has 0 unspecified atom stereocenters. The highest BCUT2D eigenvalue weighted by atomic mass is 19.4. The zero-order chi connectivity index (χ0) is 14.6. The highest BCUT2D eigenvalue weighted by Gasteiger charge is 2.32. The van der Waals surface area contributed by atoms with Crippen molar-refractivity contribution in [3.05, 3.63) is 22.0 Å². The van der Waals surface area contributed by atoms with E-state index in [1.807, 2.05) is 4.98 Å². The lowest BCUT2D eigenvalue weighted by Crippen LogP contribution is -2.23. The van der Waals surface area contributed by atoms with Crippen LogP contribution in [0.25, 0.3) is 0 Å². The zero-order valence-electron chi connectivity index (χ0n) is 9.96. The average molecular weight is 281 g/mol. The Bertz CT molecular complexity index is 523. The Kier molecular flexibility index (Phi) is 4.41. The topological polar surface area (TPSA) is 77.6 Å². The van der Waals surface area contributed by atoms with Gasteiger partial charge in [-0.1, -0.05) is 0 Å². The van der Waals surface area contributed by atoms with Crippen molar-refractivity contribution in [2.45, 2.75) is 12.8 Å². The van der Waals surface area contributed by atoms with Crippen LogP contribution in [-0.4, -0.2) is 31.5 Å². The molecule has 1 rings (SSSR count). The van der Waals surface area contributed by atoms with Gasteiger partial charge in [-0.05, 0) is 6.07 Å². The molecule has 0 amide bonds. The van der Waals surface area contributed by atoms with Crippen LogP contribution >= 0.6 is 0 Å². The van der Waals surface area contributed by atoms with E-state index in [9.17, 15) is 22.8 Å². The first kappa shape index (κ1) is 14.9. The zero-order valence-corrected chi connectivity index (χ0v) is 9.96. The molecule has 0 aromatic carbocycles. The maximum Gasteiger partial charge on any atom is 0.573 e. The normalized spacial score (nSPS) is 11.0. The molecule has 0 saturated carbocycles. The summed E-state index contributed by atoms with van der Waals surface area (Å²) in [4.78, 5) is 24.4. The van der Waals surface area contributed by atoms with Crippen molar-refractivity contribution in [2.75, 3.05) is 14.2 Å². The molecule has 1 N–H and O–H groups in total. The summed E-state index contributed by atoms with van der Waals surface area (Å²) in [5, 5.41) is 0. The van der Waals surface area contributed by atoms with Crippen LogP contribution in [0, 0.1) is 0 Å². The van der Waals surface area contributed by atoms with Crippen LogP contribution in [0.1, 0.15) is 5.56 Å². The average Bonchev–Trinajstić information content (AvgIpc) is 2.31. The van der Waals surface area contributed by atoms with Gasteiger partial charge < -0.3 is 14.2 Å². The van der Waals surface area contributed by atoms with E-state index in [1.54, 1.807) is 0 Å². The van der Waals surface area contributed by atoms with Crippen molar-refractivity contribution < 1.29 is 32.2 Å². The molecule has 0 aliphatic heterocycles. The minimum Gasteiger partial charge on any atom is -0.482 e. The molecule has 0 saturated heterocycles. The molecule has 0 atom stereocenters. The Hall–Kier alpha value is -2.19. The second-order valence-corrected chi connectivity index (χ2v) is 3.32. The van der Waals surface area contributed by atoms with Gasteiger partial charge in [-0.3, -0.25) is 14.6 Å². The first-order chi connectivity index (χ1) is 8.76. The largest absolute Gasteiger partial charge is 0.573 e. The lowest BCUT2D eigenvalue weighted by molar-refractivity contribution is -0.275. The van der Waals surface area contributed by atoms with E-state index >= 15 is 0 Å². The van der Waals surface area contributed by atoms with Crippen LogP contribution in [0.2, 0.25) is 0 Å². The molecule has 0 fully saturated rings. The van der Waals surface area contributed by atoms with E-state index in [0.29, 0.717) is 0 Å². The summed E-state index contributed by atoms with van der Waals surface area (Å²) >= 11 is 0. The van der Waals surface area contributed by atoms with E-state index in [1.165, 1.54) is 7.11 Å². The third-order valence-electron chi connectivity index (χ3n) is 2.04. The number of rotatable bonds is 4. The van der Waals surface area contributed by atoms with Crippen LogP contribution in [0.15, 0.2) is 10.9 Å². The standard InChI is InChI=1S/C10H10F3NO5/c1-17-7(15)4-5-3-6(19-10(11,12)13)8(16)14-9(5)18-2/h3H,4H2,1-2H3,(H,14,16). The van der Waals surface area contributed by atoms with Crippen LogP contribution in [-0.2, 0) is 16.0 Å². The Morgan fingerprint density at radius 1 is 1.37 bits per heavy atom. The SMILES string of the molecule is COC(=O)Cc1cc(OC(F)(F)F)c(=O)[nH]c1OC. The monoisotopic (exact) mass is 281 g/mol. The van der Waals surface area contributed by atoms with Crippen LogP contribution in [0.5, 0.6) is 11.6 Å². The predicted octanol–water partition coefficient (Wildman–Crippen LogP) is 0.998. The number of carbonyl (C=O) groups excluding carboxylic acids is 1. The fourth-order valence-corrected chi connectivity index (χ4v) is 1.28. The first-order valence-electron chi connectivity index (χ1n) is 4.89. The highest BCUT2D eigenvalue weighted by molar-refractivity contribution is 5.73. The number of esters is 1. The van der Waals surface area contributed by atoms with E-state index in [4.69, 9.17) is 4.74 Å². The molecule has 19 heavy (non-hydrogen) atoms. The van der Waals surface area contributed by atoms with Crippen LogP contribution in [0.3, 0.4) is 0 Å². The molecule has 0 radical (unpaired) electrons. The summed E-state index contributed by atoms with van der Waals surface area (Å²) in [6, 6.07) is 0.780. The number of H-pyrrole nitrogens is 1. The number of nitrogens with one attached hydrogen (secondary N) is 1. The Morgan fingerprint density at radius 2 is 2.00 bits per heavy atom. The van der Waals surface area contributed by atoms with Gasteiger partial charge in [0.25, 0.3) is 5.56 Å². The number of alkyl halides is 3. The molecule has 1 aromatic rings. The van der Waals surface area contributed by atoms with Crippen molar-refractivity contribution in [1.29, 1.82) is 0 Å². The van der Waals surface area contributed by atoms with Gasteiger partial charge in [-0.15, -0.1) is 13.2 Å². The molecule has 1 aromatic heterocycles. The molecule has 6 nitrogen and oxygen atoms in total. The minimum absolute atomic E-state index is 0.00759. The summed E-state index contributed by atoms with van der Waals surface area (Å²) in [7, 11) is 2.31. The van der Waals surface area contributed by atoms with Crippen molar-refractivity contribution in [3.63, 3.8) is 0 Å². The van der Waals surface area contributed by atoms with E-state index in [2.05, 4.69) is 9.47 Å². The minimum atomic E-state index is -5.01. The van der Waals surface area contributed by atoms with Crippen molar-refractivity contribution in [3.8, 4) is 11.6 Å². The number of pyridine rings is 1. The quantitative estimate of drug-likeness (QED) is 0.833. The summed E-state index contributed by atoms with van der Waals surface area (Å²) in [5.41, 5.74) is -1.11. The molecule has 0 bridgehead atoms. The van der Waals surface area contributed by atoms with Gasteiger partial charge in [0.2, 0.25) is 0 Å². The number of carbonyl (C=O) groups is 1. The molecular formula is C10H10F3NO5. The van der Waals surface area contributed by atoms with Gasteiger partial charge in [0.1, 0.15) is 0 Å². The predicted molar refractivity (Wildman–Crippen MR) is 56.0 cm³/mol. The number of aromatic amines is 1. The van der Waals surface area contributed by atoms with Crippen LogP contribution < -0.4 is 15.0 Å². The second kappa shape index (κ2) is 5.63. The Morgan fingerprint density at radius 3 is 2.47 bits per heavy atom. The number of hydrogen-bond donors (Lipinski definition) is 1. The van der Waals surface area contributed by atoms with Crippen molar-refractivity contribution in [2.24, 2.45) is 0 Å². The summed E-state index contributed by atoms with van der Waals surface area (Å²) in [5.74, 6) is -1.82. The van der Waals surface area contributed by atoms with E-state index in [0.717, 1.165) is 13.2 Å². The third kappa shape index (κ3) is 4.19. The first-order valence-corrected chi connectivity index (χ1v) is 4.89. The van der Waals surface area contributed by atoms with E-state index in [-0.39, 0.29) is 17.9 Å². The lowest BCUT2D eigenvalue weighted by atomic mass is 10.2. The number of hydrogen-bond acceptors (Lipinski definition) is 5. The van der Waals surface area contributed by atoms with Gasteiger partial charge in [0.15, 0.2) is 11.6 Å². The lowest BCUT2D eigenvalue weighted by Gasteiger charge is -2.11. The molecular weight excluding hydrogens is 271 g/mol. The number of methoxy groups -OCH3 is 2. The van der Waals surface area contributed by atoms with Gasteiger partial charge >= 0.3 is 12.3 Å². The fourth-order valence-electron chi connectivity index (χ4n) is 1.28. The smallest absolute Gasteiger partial charge is 0.482 e. The maximum absolute atomic E-state index is 12.1. The summed E-state index contributed by atoms with van der Waals surface area (Å²) < 4.78 is 48.9. The number of ether oxygens (including phenoxy) is 3. The van der Waals surface area contributed by atoms with Crippen molar-refractivity contribution >= 4 is 5.97 Å². The Balaban J connectivity index is 3.18. The third-order valence-corrected chi connectivity index (χ3v) is 2.04. The number of aromatic nitrogens is 1. The molecule has 1 heterocycles. The summed E-state index contributed by atoms with van der Waals surface area (Å²) in [6.45, 7) is 0. The molecule has 0 aliphatic rings. The van der Waals surface area contributed by atoms with Gasteiger partial charge in [0, 0.05) is 5.56 Å². The van der Waals surface area contributed by atoms with Crippen LogP contribution in [0.4, 0.5) is 13.2 Å². The molecule has 0 aliphatic carbocycles. The number of halogens is 3. The van der Waals surface area contributed by atoms with E-state index < -0.39 is 23.6 Å². The highest BCUT2D eigenvalue weighted by Crippen LogP contribution is 2.23. The van der Waals surface area contributed by atoms with Gasteiger partial charge in [0.05, 0.1) is 20.6 Å². The summed E-state index contributed by atoms with van der Waals surface area (Å²) in [6.07, 6.45) is -5.38. The molecule has 106 valence electrons. The fraction of sp³-hybridized carbons (Fsp3) is 0.400. The Labute approximate surface area is 105 Å².